The Bertz CT molecular complexity index is 644. The average molecular weight is 326 g/mol. The zero-order valence-corrected chi connectivity index (χ0v) is 13.7. The van der Waals surface area contributed by atoms with Gasteiger partial charge in [-0.3, -0.25) is 0 Å². The maximum atomic E-state index is 6.13. The summed E-state index contributed by atoms with van der Waals surface area (Å²) in [6.45, 7) is 2.60. The van der Waals surface area contributed by atoms with Crippen molar-refractivity contribution in [1.29, 1.82) is 0 Å². The second kappa shape index (κ2) is 6.92. The lowest BCUT2D eigenvalue weighted by molar-refractivity contribution is 0.404. The molecule has 2 aromatic rings. The Labute approximate surface area is 134 Å². The van der Waals surface area contributed by atoms with E-state index in [0.717, 1.165) is 21.8 Å². The molecule has 0 aliphatic rings. The van der Waals surface area contributed by atoms with Gasteiger partial charge in [-0.1, -0.05) is 35.3 Å². The summed E-state index contributed by atoms with van der Waals surface area (Å²) in [5.74, 6) is 1.26. The summed E-state index contributed by atoms with van der Waals surface area (Å²) in [4.78, 5) is 0. The van der Waals surface area contributed by atoms with Crippen molar-refractivity contribution < 1.29 is 9.47 Å². The summed E-state index contributed by atoms with van der Waals surface area (Å²) in [5, 5.41) is 4.58. The van der Waals surface area contributed by atoms with Crippen molar-refractivity contribution >= 4 is 28.9 Å². The Hall–Kier alpha value is -1.58. The highest BCUT2D eigenvalue weighted by atomic mass is 35.5. The zero-order valence-electron chi connectivity index (χ0n) is 12.2. The van der Waals surface area contributed by atoms with Gasteiger partial charge in [0.2, 0.25) is 0 Å². The molecule has 0 aromatic heterocycles. The molecule has 1 N–H and O–H groups in total. The molecule has 0 heterocycles. The van der Waals surface area contributed by atoms with Gasteiger partial charge >= 0.3 is 0 Å². The number of hydrogen-bond donors (Lipinski definition) is 1. The van der Waals surface area contributed by atoms with Crippen LogP contribution in [0.1, 0.15) is 11.1 Å². The molecule has 0 aliphatic heterocycles. The minimum atomic E-state index is 0.512. The summed E-state index contributed by atoms with van der Waals surface area (Å²) in [6.07, 6.45) is 0. The largest absolute Gasteiger partial charge is 0.495 e. The molecular weight excluding hydrogens is 309 g/mol. The predicted octanol–water partition coefficient (Wildman–Crippen LogP) is 4.93. The normalized spacial score (nSPS) is 10.3. The fourth-order valence-electron chi connectivity index (χ4n) is 1.94. The van der Waals surface area contributed by atoms with Crippen molar-refractivity contribution in [2.75, 3.05) is 19.5 Å². The smallest absolute Gasteiger partial charge is 0.143 e. The number of nitrogens with one attached hydrogen (secondary N) is 1. The van der Waals surface area contributed by atoms with E-state index in [-0.39, 0.29) is 0 Å². The van der Waals surface area contributed by atoms with Gasteiger partial charge in [0, 0.05) is 23.7 Å². The van der Waals surface area contributed by atoms with E-state index in [9.17, 15) is 0 Å². The van der Waals surface area contributed by atoms with Crippen molar-refractivity contribution in [1.82, 2.24) is 0 Å². The number of aryl methyl sites for hydroxylation is 1. The van der Waals surface area contributed by atoms with Crippen molar-refractivity contribution in [2.24, 2.45) is 0 Å². The lowest BCUT2D eigenvalue weighted by atomic mass is 10.1. The lowest BCUT2D eigenvalue weighted by Gasteiger charge is -2.14. The van der Waals surface area contributed by atoms with Gasteiger partial charge in [-0.25, -0.2) is 0 Å². The van der Waals surface area contributed by atoms with E-state index in [4.69, 9.17) is 32.7 Å². The van der Waals surface area contributed by atoms with Crippen molar-refractivity contribution in [3.63, 3.8) is 0 Å². The fourth-order valence-corrected chi connectivity index (χ4v) is 2.38. The second-order valence-corrected chi connectivity index (χ2v) is 5.44. The SMILES string of the molecule is COc1cc(NCc2ccc(C)c(Cl)c2)c(OC)cc1Cl. The van der Waals surface area contributed by atoms with Crippen LogP contribution in [0.4, 0.5) is 5.69 Å². The highest BCUT2D eigenvalue weighted by molar-refractivity contribution is 6.32. The maximum Gasteiger partial charge on any atom is 0.143 e. The Morgan fingerprint density at radius 2 is 1.67 bits per heavy atom. The van der Waals surface area contributed by atoms with E-state index in [1.807, 2.05) is 31.2 Å². The van der Waals surface area contributed by atoms with Crippen LogP contribution in [0.15, 0.2) is 30.3 Å². The molecule has 2 aromatic carbocycles. The number of ether oxygens (including phenoxy) is 2. The Morgan fingerprint density at radius 3 is 2.29 bits per heavy atom. The maximum absolute atomic E-state index is 6.13. The number of methoxy groups -OCH3 is 2. The van der Waals surface area contributed by atoms with Crippen LogP contribution in [0.5, 0.6) is 11.5 Å². The molecule has 0 atom stereocenters. The van der Waals surface area contributed by atoms with Crippen LogP contribution in [0.3, 0.4) is 0 Å². The second-order valence-electron chi connectivity index (χ2n) is 4.62. The molecule has 0 aliphatic carbocycles. The molecule has 2 rings (SSSR count). The summed E-state index contributed by atoms with van der Waals surface area (Å²) < 4.78 is 10.6. The van der Waals surface area contributed by atoms with Crippen molar-refractivity contribution in [3.8, 4) is 11.5 Å². The highest BCUT2D eigenvalue weighted by Gasteiger charge is 2.10. The Balaban J connectivity index is 2.20. The zero-order chi connectivity index (χ0) is 15.4. The van der Waals surface area contributed by atoms with Crippen LogP contribution in [0.2, 0.25) is 10.0 Å². The molecule has 112 valence electrons. The molecule has 3 nitrogen and oxygen atoms in total. The molecular formula is C16H17Cl2NO2. The molecule has 0 unspecified atom stereocenters. The van der Waals surface area contributed by atoms with E-state index in [2.05, 4.69) is 5.32 Å². The molecule has 5 heteroatoms. The summed E-state index contributed by atoms with van der Waals surface area (Å²) in [7, 11) is 3.18. The van der Waals surface area contributed by atoms with Gasteiger partial charge in [0.1, 0.15) is 11.5 Å². The van der Waals surface area contributed by atoms with Crippen LogP contribution in [-0.2, 0) is 6.54 Å². The van der Waals surface area contributed by atoms with Gasteiger partial charge in [-0.15, -0.1) is 0 Å². The topological polar surface area (TPSA) is 30.5 Å². The highest BCUT2D eigenvalue weighted by Crippen LogP contribution is 2.36. The van der Waals surface area contributed by atoms with Crippen LogP contribution in [0, 0.1) is 6.92 Å². The first-order valence-corrected chi connectivity index (χ1v) is 7.21. The van der Waals surface area contributed by atoms with Crippen LogP contribution in [0.25, 0.3) is 0 Å². The minimum Gasteiger partial charge on any atom is -0.495 e. The number of rotatable bonds is 5. The molecule has 0 fully saturated rings. The molecule has 0 bridgehead atoms. The van der Waals surface area contributed by atoms with Gasteiger partial charge in [-0.05, 0) is 24.1 Å². The van der Waals surface area contributed by atoms with Crippen LogP contribution >= 0.6 is 23.2 Å². The number of halogens is 2. The van der Waals surface area contributed by atoms with E-state index in [0.29, 0.717) is 23.1 Å². The number of hydrogen-bond acceptors (Lipinski definition) is 3. The van der Waals surface area contributed by atoms with E-state index in [1.54, 1.807) is 20.3 Å². The number of benzene rings is 2. The fraction of sp³-hybridized carbons (Fsp3) is 0.250. The van der Waals surface area contributed by atoms with Crippen molar-refractivity contribution in [3.05, 3.63) is 51.5 Å². The molecule has 0 saturated heterocycles. The summed E-state index contributed by atoms with van der Waals surface area (Å²) >= 11 is 12.2. The van der Waals surface area contributed by atoms with Gasteiger partial charge in [0.05, 0.1) is 24.9 Å². The molecule has 0 saturated carbocycles. The third kappa shape index (κ3) is 3.74. The number of anilines is 1. The van der Waals surface area contributed by atoms with Crippen LogP contribution < -0.4 is 14.8 Å². The van der Waals surface area contributed by atoms with E-state index >= 15 is 0 Å². The Kier molecular flexibility index (Phi) is 5.21. The first-order chi connectivity index (χ1) is 10.0. The van der Waals surface area contributed by atoms with Crippen LogP contribution in [-0.4, -0.2) is 14.2 Å². The van der Waals surface area contributed by atoms with Gasteiger partial charge in [0.15, 0.2) is 0 Å². The average Bonchev–Trinajstić information content (AvgIpc) is 2.48. The van der Waals surface area contributed by atoms with Gasteiger partial charge < -0.3 is 14.8 Å². The van der Waals surface area contributed by atoms with Crippen molar-refractivity contribution in [2.45, 2.75) is 13.5 Å². The quantitative estimate of drug-likeness (QED) is 0.845. The third-order valence-corrected chi connectivity index (χ3v) is 3.90. The molecule has 0 radical (unpaired) electrons. The van der Waals surface area contributed by atoms with Gasteiger partial charge in [0.25, 0.3) is 0 Å². The monoisotopic (exact) mass is 325 g/mol. The predicted molar refractivity (Wildman–Crippen MR) is 88.1 cm³/mol. The summed E-state index contributed by atoms with van der Waals surface area (Å²) in [5.41, 5.74) is 2.96. The first kappa shape index (κ1) is 15.8. The molecule has 21 heavy (non-hydrogen) atoms. The minimum absolute atomic E-state index is 0.512. The van der Waals surface area contributed by atoms with E-state index in [1.165, 1.54) is 0 Å². The lowest BCUT2D eigenvalue weighted by Crippen LogP contribution is -2.02. The molecule has 0 spiro atoms. The van der Waals surface area contributed by atoms with Gasteiger partial charge in [-0.2, -0.15) is 0 Å². The molecule has 0 amide bonds. The third-order valence-electron chi connectivity index (χ3n) is 3.19. The summed E-state index contributed by atoms with van der Waals surface area (Å²) in [6, 6.07) is 9.53. The Morgan fingerprint density at radius 1 is 0.952 bits per heavy atom. The van der Waals surface area contributed by atoms with E-state index < -0.39 is 0 Å². The first-order valence-electron chi connectivity index (χ1n) is 6.45. The standard InChI is InChI=1S/C16H17Cl2NO2/c1-10-4-5-11(6-12(10)17)9-19-14-8-15(20-2)13(18)7-16(14)21-3/h4-8,19H,9H2,1-3H3.